The van der Waals surface area contributed by atoms with E-state index < -0.39 is 11.9 Å². The van der Waals surface area contributed by atoms with E-state index in [-0.39, 0.29) is 34.9 Å². The maximum Gasteiger partial charge on any atom is 0.306 e. The summed E-state index contributed by atoms with van der Waals surface area (Å²) >= 11 is 0. The minimum absolute atomic E-state index is 0. The summed E-state index contributed by atoms with van der Waals surface area (Å²) in [5.74, 6) is -0.893. The number of aliphatic carboxylic acids is 2. The third-order valence-electron chi connectivity index (χ3n) is 8.35. The van der Waals surface area contributed by atoms with Gasteiger partial charge in [0.15, 0.2) is 0 Å². The van der Waals surface area contributed by atoms with Crippen molar-refractivity contribution in [3.8, 4) is 0 Å². The zero-order valence-corrected chi connectivity index (χ0v) is 23.2. The number of piperidine rings is 1. The summed E-state index contributed by atoms with van der Waals surface area (Å²) in [6.07, 6.45) is 17.4. The molecule has 0 bridgehead atoms. The van der Waals surface area contributed by atoms with Crippen LogP contribution in [0.1, 0.15) is 77.0 Å². The molecule has 2 saturated carbocycles. The van der Waals surface area contributed by atoms with Crippen LogP contribution in [0.5, 0.6) is 0 Å². The van der Waals surface area contributed by atoms with Gasteiger partial charge in [0.2, 0.25) is 0 Å². The van der Waals surface area contributed by atoms with Crippen molar-refractivity contribution in [1.82, 2.24) is 10.6 Å². The fourth-order valence-corrected chi connectivity index (χ4v) is 6.19. The number of hydrogen-bond donors (Lipinski definition) is 4. The molecular formula is C28H48CuN4O4-2. The monoisotopic (exact) mass is 567 g/mol. The summed E-state index contributed by atoms with van der Waals surface area (Å²) in [4.78, 5) is 22.4. The summed E-state index contributed by atoms with van der Waals surface area (Å²) in [5.41, 5.74) is 0. The molecule has 4 rings (SSSR count). The molecule has 0 aromatic carbocycles. The molecule has 217 valence electrons. The van der Waals surface area contributed by atoms with Crippen molar-refractivity contribution < 1.29 is 36.9 Å². The van der Waals surface area contributed by atoms with Gasteiger partial charge in [-0.25, -0.2) is 0 Å². The van der Waals surface area contributed by atoms with Gasteiger partial charge < -0.3 is 31.5 Å². The van der Waals surface area contributed by atoms with Gasteiger partial charge in [0, 0.05) is 17.1 Å². The van der Waals surface area contributed by atoms with Crippen molar-refractivity contribution in [2.75, 3.05) is 39.3 Å². The van der Waals surface area contributed by atoms with Gasteiger partial charge in [0.05, 0.1) is 11.8 Å². The molecule has 3 fully saturated rings. The van der Waals surface area contributed by atoms with Gasteiger partial charge in [-0.3, -0.25) is 9.59 Å². The van der Waals surface area contributed by atoms with Crippen molar-refractivity contribution in [1.29, 1.82) is 0 Å². The number of carboxylic acids is 2. The predicted molar refractivity (Wildman–Crippen MR) is 144 cm³/mol. The standard InChI is InChI=1S/C14H25N2O2.C14H23N2O2.Cu/c2*17-14(18)13-7-2-1-5-11(13)9-15-10-12-6-3-4-8-16-12;/h11-13,15H,1-10H2,(H,17,18);3,6,11-13,15H,1-2,4-5,7-10H2,(H,17,18);/q2*-1;. The first-order valence-electron chi connectivity index (χ1n) is 14.4. The van der Waals surface area contributed by atoms with Gasteiger partial charge in [-0.15, -0.1) is 31.2 Å². The van der Waals surface area contributed by atoms with Crippen molar-refractivity contribution in [3.63, 3.8) is 0 Å². The molecule has 4 N–H and O–H groups in total. The maximum atomic E-state index is 11.2. The van der Waals surface area contributed by atoms with E-state index in [0.29, 0.717) is 17.9 Å². The number of hydrogen-bond acceptors (Lipinski definition) is 4. The van der Waals surface area contributed by atoms with E-state index in [0.717, 1.165) is 84.2 Å². The summed E-state index contributed by atoms with van der Waals surface area (Å²) in [6.45, 7) is 5.37. The van der Waals surface area contributed by atoms with Crippen molar-refractivity contribution in [3.05, 3.63) is 22.8 Å². The largest absolute Gasteiger partial charge is 0.658 e. The van der Waals surface area contributed by atoms with Crippen LogP contribution >= 0.6 is 0 Å². The third-order valence-corrected chi connectivity index (χ3v) is 8.35. The first kappa shape index (κ1) is 32.3. The summed E-state index contributed by atoms with van der Waals surface area (Å²) in [6, 6.07) is 0.747. The first-order valence-corrected chi connectivity index (χ1v) is 14.4. The van der Waals surface area contributed by atoms with Crippen LogP contribution in [0.15, 0.2) is 12.2 Å². The predicted octanol–water partition coefficient (Wildman–Crippen LogP) is 4.56. The molecule has 6 atom stereocenters. The average Bonchev–Trinajstić information content (AvgIpc) is 2.91. The molecule has 2 aliphatic heterocycles. The Morgan fingerprint density at radius 3 is 1.78 bits per heavy atom. The molecule has 0 spiro atoms. The molecule has 1 radical (unpaired) electrons. The van der Waals surface area contributed by atoms with Gasteiger partial charge in [0.1, 0.15) is 0 Å². The fraction of sp³-hybridized carbons (Fsp3) is 0.857. The normalized spacial score (nSPS) is 31.9. The second kappa shape index (κ2) is 18.3. The maximum absolute atomic E-state index is 11.2. The van der Waals surface area contributed by atoms with E-state index in [1.165, 1.54) is 32.1 Å². The van der Waals surface area contributed by atoms with Gasteiger partial charge in [-0.1, -0.05) is 57.4 Å². The zero-order valence-electron chi connectivity index (χ0n) is 22.3. The van der Waals surface area contributed by atoms with E-state index in [2.05, 4.69) is 33.4 Å². The second-order valence-corrected chi connectivity index (χ2v) is 11.0. The molecule has 0 amide bonds. The third kappa shape index (κ3) is 11.8. The van der Waals surface area contributed by atoms with E-state index >= 15 is 0 Å². The van der Waals surface area contributed by atoms with Crippen LogP contribution in [0.4, 0.5) is 0 Å². The number of nitrogens with zero attached hydrogens (tertiary/aromatic N) is 2. The minimum atomic E-state index is -0.622. The van der Waals surface area contributed by atoms with Crippen LogP contribution in [0.2, 0.25) is 0 Å². The Bertz CT molecular complexity index is 689. The molecule has 2 heterocycles. The number of nitrogens with one attached hydrogen (secondary N) is 2. The van der Waals surface area contributed by atoms with Crippen LogP contribution in [-0.4, -0.2) is 73.5 Å². The SMILES string of the molecule is O=C(O)C1CCCCC1CNCC1C=CCC[N-]1.O=C(O)C1CCCCC1CNCC1CCCC[N-]1.[Cu]. The average molecular weight is 568 g/mol. The Kier molecular flexibility index (Phi) is 16.0. The number of carbonyl (C=O) groups is 2. The number of rotatable bonds is 10. The van der Waals surface area contributed by atoms with Crippen LogP contribution < -0.4 is 10.6 Å². The molecule has 37 heavy (non-hydrogen) atoms. The van der Waals surface area contributed by atoms with Gasteiger partial charge in [-0.05, 0) is 63.7 Å². The first-order chi connectivity index (χ1) is 17.5. The Morgan fingerprint density at radius 1 is 0.703 bits per heavy atom. The topological polar surface area (TPSA) is 127 Å². The Hall–Kier alpha value is -0.961. The van der Waals surface area contributed by atoms with Gasteiger partial charge >= 0.3 is 11.9 Å². The quantitative estimate of drug-likeness (QED) is 0.226. The Balaban J connectivity index is 0.000000253. The molecule has 8 nitrogen and oxygen atoms in total. The Labute approximate surface area is 234 Å². The molecular weight excluding hydrogens is 520 g/mol. The number of carboxylic acid groups (broad SMARTS) is 2. The molecule has 2 aliphatic carbocycles. The van der Waals surface area contributed by atoms with Crippen LogP contribution in [-0.2, 0) is 26.7 Å². The second-order valence-electron chi connectivity index (χ2n) is 11.0. The van der Waals surface area contributed by atoms with Crippen LogP contribution in [0, 0.1) is 23.7 Å². The molecule has 4 aliphatic rings. The molecule has 6 unspecified atom stereocenters. The van der Waals surface area contributed by atoms with E-state index in [9.17, 15) is 19.8 Å². The fourth-order valence-electron chi connectivity index (χ4n) is 6.19. The van der Waals surface area contributed by atoms with Gasteiger partial charge in [0.25, 0.3) is 0 Å². The van der Waals surface area contributed by atoms with Gasteiger partial charge in [-0.2, -0.15) is 0 Å². The minimum Gasteiger partial charge on any atom is -0.658 e. The summed E-state index contributed by atoms with van der Waals surface area (Å²) in [5, 5.41) is 34.4. The van der Waals surface area contributed by atoms with E-state index in [1.54, 1.807) is 0 Å². The van der Waals surface area contributed by atoms with Crippen molar-refractivity contribution in [2.24, 2.45) is 23.7 Å². The molecule has 0 aromatic rings. The Morgan fingerprint density at radius 2 is 1.27 bits per heavy atom. The molecule has 1 saturated heterocycles. The van der Waals surface area contributed by atoms with Crippen molar-refractivity contribution >= 4 is 11.9 Å². The summed E-state index contributed by atoms with van der Waals surface area (Å²) < 4.78 is 0. The van der Waals surface area contributed by atoms with Crippen LogP contribution in [0.3, 0.4) is 0 Å². The van der Waals surface area contributed by atoms with E-state index in [1.807, 2.05) is 0 Å². The van der Waals surface area contributed by atoms with E-state index in [4.69, 9.17) is 0 Å². The molecule has 9 heteroatoms. The molecule has 0 aromatic heterocycles. The van der Waals surface area contributed by atoms with Crippen molar-refractivity contribution in [2.45, 2.75) is 89.1 Å². The van der Waals surface area contributed by atoms with Crippen LogP contribution in [0.25, 0.3) is 10.6 Å². The zero-order chi connectivity index (χ0) is 25.6. The summed E-state index contributed by atoms with van der Waals surface area (Å²) in [7, 11) is 0. The smallest absolute Gasteiger partial charge is 0.306 e.